The number of hydrogen-bond donors (Lipinski definition) is 1. The van der Waals surface area contributed by atoms with Crippen LogP contribution in [0.3, 0.4) is 0 Å². The smallest absolute Gasteiger partial charge is 0.251 e. The molecule has 1 aromatic carbocycles. The maximum absolute atomic E-state index is 11.7. The fourth-order valence-corrected chi connectivity index (χ4v) is 1.94. The van der Waals surface area contributed by atoms with Gasteiger partial charge in [-0.15, -0.1) is 0 Å². The highest BCUT2D eigenvalue weighted by molar-refractivity contribution is 14.1. The summed E-state index contributed by atoms with van der Waals surface area (Å²) in [7, 11) is 0. The maximum Gasteiger partial charge on any atom is 0.251 e. The molecule has 1 rings (SSSR count). The van der Waals surface area contributed by atoms with Crippen molar-refractivity contribution in [2.45, 2.75) is 32.6 Å². The zero-order valence-corrected chi connectivity index (χ0v) is 12.7. The summed E-state index contributed by atoms with van der Waals surface area (Å²) in [6, 6.07) is 7.49. The normalized spacial score (nSPS) is 10.1. The largest absolute Gasteiger partial charge is 0.352 e. The second-order valence-electron chi connectivity index (χ2n) is 4.28. The number of halogens is 1. The van der Waals surface area contributed by atoms with E-state index in [9.17, 15) is 9.59 Å². The summed E-state index contributed by atoms with van der Waals surface area (Å²) in [5, 5.41) is 2.88. The van der Waals surface area contributed by atoms with Gasteiger partial charge >= 0.3 is 0 Å². The molecule has 3 nitrogen and oxygen atoms in total. The summed E-state index contributed by atoms with van der Waals surface area (Å²) < 4.78 is 1.12. The summed E-state index contributed by atoms with van der Waals surface area (Å²) in [6.07, 6.45) is 3.45. The van der Waals surface area contributed by atoms with Crippen LogP contribution in [0.5, 0.6) is 0 Å². The van der Waals surface area contributed by atoms with Crippen molar-refractivity contribution < 1.29 is 9.59 Å². The van der Waals surface area contributed by atoms with Gasteiger partial charge in [-0.05, 0) is 66.6 Å². The molecular formula is C14H18INO2. The lowest BCUT2D eigenvalue weighted by Crippen LogP contribution is -2.24. The van der Waals surface area contributed by atoms with Gasteiger partial charge in [0.15, 0.2) is 0 Å². The second kappa shape index (κ2) is 8.24. The first-order valence-electron chi connectivity index (χ1n) is 6.13. The van der Waals surface area contributed by atoms with Gasteiger partial charge in [-0.3, -0.25) is 4.79 Å². The molecule has 0 heterocycles. The van der Waals surface area contributed by atoms with Crippen molar-refractivity contribution in [2.75, 3.05) is 6.54 Å². The topological polar surface area (TPSA) is 46.2 Å². The molecule has 0 radical (unpaired) electrons. The fourth-order valence-electron chi connectivity index (χ4n) is 1.58. The molecule has 0 atom stereocenters. The van der Waals surface area contributed by atoms with Gasteiger partial charge in [0.25, 0.3) is 5.91 Å². The summed E-state index contributed by atoms with van der Waals surface area (Å²) in [5.74, 6) is 0.205. The van der Waals surface area contributed by atoms with E-state index in [1.165, 1.54) is 0 Å². The predicted octanol–water partition coefficient (Wildman–Crippen LogP) is 3.17. The number of hydrogen-bond acceptors (Lipinski definition) is 2. The SMILES string of the molecule is CC(=O)CCCCCNC(=O)c1ccc(I)cc1. The first-order chi connectivity index (χ1) is 8.59. The molecule has 0 aromatic heterocycles. The minimum absolute atomic E-state index is 0.0297. The third-order valence-corrected chi connectivity index (χ3v) is 3.32. The first-order valence-corrected chi connectivity index (χ1v) is 7.20. The Labute approximate surface area is 121 Å². The average Bonchev–Trinajstić information content (AvgIpc) is 2.34. The molecule has 0 unspecified atom stereocenters. The number of ketones is 1. The minimum atomic E-state index is -0.0297. The maximum atomic E-state index is 11.7. The quantitative estimate of drug-likeness (QED) is 0.601. The molecule has 98 valence electrons. The number of nitrogens with one attached hydrogen (secondary N) is 1. The Morgan fingerprint density at radius 2 is 1.78 bits per heavy atom. The summed E-state index contributed by atoms with van der Waals surface area (Å²) in [6.45, 7) is 2.28. The Morgan fingerprint density at radius 3 is 2.39 bits per heavy atom. The van der Waals surface area contributed by atoms with E-state index >= 15 is 0 Å². The van der Waals surface area contributed by atoms with Gasteiger partial charge in [-0.25, -0.2) is 0 Å². The van der Waals surface area contributed by atoms with Gasteiger partial charge in [0.2, 0.25) is 0 Å². The third kappa shape index (κ3) is 6.14. The number of unbranched alkanes of at least 4 members (excludes halogenated alkanes) is 2. The highest BCUT2D eigenvalue weighted by Gasteiger charge is 2.03. The van der Waals surface area contributed by atoms with E-state index in [4.69, 9.17) is 0 Å². The lowest BCUT2D eigenvalue weighted by molar-refractivity contribution is -0.117. The number of carbonyl (C=O) groups is 2. The molecule has 1 N–H and O–H groups in total. The van der Waals surface area contributed by atoms with Crippen LogP contribution in [-0.4, -0.2) is 18.2 Å². The van der Waals surface area contributed by atoms with E-state index in [2.05, 4.69) is 27.9 Å². The Balaban J connectivity index is 2.17. The monoisotopic (exact) mass is 359 g/mol. The highest BCUT2D eigenvalue weighted by Crippen LogP contribution is 2.06. The molecule has 0 bridgehead atoms. The van der Waals surface area contributed by atoms with E-state index in [0.29, 0.717) is 18.5 Å². The molecule has 1 aromatic rings. The van der Waals surface area contributed by atoms with E-state index < -0.39 is 0 Å². The van der Waals surface area contributed by atoms with Crippen molar-refractivity contribution in [3.05, 3.63) is 33.4 Å². The molecule has 0 saturated heterocycles. The number of carbonyl (C=O) groups excluding carboxylic acids is 2. The summed E-state index contributed by atoms with van der Waals surface area (Å²) >= 11 is 2.21. The van der Waals surface area contributed by atoms with Crippen molar-refractivity contribution in [1.82, 2.24) is 5.32 Å². The van der Waals surface area contributed by atoms with Gasteiger partial charge in [0, 0.05) is 22.1 Å². The van der Waals surface area contributed by atoms with Crippen LogP contribution in [0.1, 0.15) is 43.0 Å². The Bertz CT molecular complexity index is 401. The molecule has 18 heavy (non-hydrogen) atoms. The Kier molecular flexibility index (Phi) is 6.93. The highest BCUT2D eigenvalue weighted by atomic mass is 127. The first kappa shape index (κ1) is 15.1. The van der Waals surface area contributed by atoms with Crippen molar-refractivity contribution in [1.29, 1.82) is 0 Å². The Hall–Kier alpha value is -0.910. The third-order valence-electron chi connectivity index (χ3n) is 2.60. The van der Waals surface area contributed by atoms with Crippen molar-refractivity contribution >= 4 is 34.3 Å². The average molecular weight is 359 g/mol. The lowest BCUT2D eigenvalue weighted by Gasteiger charge is -2.05. The molecule has 0 fully saturated rings. The van der Waals surface area contributed by atoms with E-state index in [0.717, 1.165) is 22.8 Å². The van der Waals surface area contributed by atoms with Crippen LogP contribution in [0.15, 0.2) is 24.3 Å². The fraction of sp³-hybridized carbons (Fsp3) is 0.429. The van der Waals surface area contributed by atoms with Crippen molar-refractivity contribution in [2.24, 2.45) is 0 Å². The van der Waals surface area contributed by atoms with E-state index in [-0.39, 0.29) is 11.7 Å². The summed E-state index contributed by atoms with van der Waals surface area (Å²) in [5.41, 5.74) is 0.694. The van der Waals surface area contributed by atoms with Crippen molar-refractivity contribution in [3.63, 3.8) is 0 Å². The molecule has 1 amide bonds. The zero-order chi connectivity index (χ0) is 13.4. The van der Waals surface area contributed by atoms with Crippen LogP contribution in [0.4, 0.5) is 0 Å². The molecule has 0 saturated carbocycles. The molecular weight excluding hydrogens is 341 g/mol. The standard InChI is InChI=1S/C14H18INO2/c1-11(17)5-3-2-4-10-16-14(18)12-6-8-13(15)9-7-12/h6-9H,2-5,10H2,1H3,(H,16,18). The lowest BCUT2D eigenvalue weighted by atomic mass is 10.1. The van der Waals surface area contributed by atoms with Crippen LogP contribution in [-0.2, 0) is 4.79 Å². The number of Topliss-reactive ketones (excluding diaryl/α,β-unsaturated/α-hetero) is 1. The van der Waals surface area contributed by atoms with Gasteiger partial charge < -0.3 is 10.1 Å². The van der Waals surface area contributed by atoms with Crippen LogP contribution in [0.25, 0.3) is 0 Å². The van der Waals surface area contributed by atoms with Gasteiger partial charge in [0.05, 0.1) is 0 Å². The van der Waals surface area contributed by atoms with Crippen molar-refractivity contribution in [3.8, 4) is 0 Å². The minimum Gasteiger partial charge on any atom is -0.352 e. The zero-order valence-electron chi connectivity index (χ0n) is 10.5. The van der Waals surface area contributed by atoms with Crippen LogP contribution in [0, 0.1) is 3.57 Å². The second-order valence-corrected chi connectivity index (χ2v) is 5.52. The number of benzene rings is 1. The summed E-state index contributed by atoms with van der Waals surface area (Å²) in [4.78, 5) is 22.5. The number of amides is 1. The van der Waals surface area contributed by atoms with Gasteiger partial charge in [-0.1, -0.05) is 6.42 Å². The van der Waals surface area contributed by atoms with Crippen LogP contribution in [0.2, 0.25) is 0 Å². The molecule has 0 aliphatic rings. The van der Waals surface area contributed by atoms with Crippen LogP contribution >= 0.6 is 22.6 Å². The van der Waals surface area contributed by atoms with Gasteiger partial charge in [-0.2, -0.15) is 0 Å². The molecule has 0 aliphatic carbocycles. The predicted molar refractivity (Wildman–Crippen MR) is 80.6 cm³/mol. The van der Waals surface area contributed by atoms with Crippen LogP contribution < -0.4 is 5.32 Å². The molecule has 0 spiro atoms. The molecule has 0 aliphatic heterocycles. The van der Waals surface area contributed by atoms with E-state index in [1.54, 1.807) is 6.92 Å². The molecule has 4 heteroatoms. The number of rotatable bonds is 7. The Morgan fingerprint density at radius 1 is 1.11 bits per heavy atom. The van der Waals surface area contributed by atoms with Gasteiger partial charge in [0.1, 0.15) is 5.78 Å². The van der Waals surface area contributed by atoms with E-state index in [1.807, 2.05) is 24.3 Å².